The number of piperidine rings is 3. The van der Waals surface area contributed by atoms with Gasteiger partial charge in [0, 0.05) is 67.5 Å². The van der Waals surface area contributed by atoms with Gasteiger partial charge in [-0.1, -0.05) is 70.2 Å². The summed E-state index contributed by atoms with van der Waals surface area (Å²) < 4.78 is 12.1. The minimum atomic E-state index is -0.570. The summed E-state index contributed by atoms with van der Waals surface area (Å²) in [4.78, 5) is 35.7. The Morgan fingerprint density at radius 1 is 0.651 bits per heavy atom. The van der Waals surface area contributed by atoms with Crippen LogP contribution in [0.25, 0.3) is 0 Å². The molecule has 0 aliphatic carbocycles. The second-order valence-electron chi connectivity index (χ2n) is 15.8. The summed E-state index contributed by atoms with van der Waals surface area (Å²) in [7, 11) is 0. The number of nitro groups is 2. The van der Waals surface area contributed by atoms with Crippen LogP contribution in [0.3, 0.4) is 0 Å². The van der Waals surface area contributed by atoms with Crippen molar-refractivity contribution in [1.29, 1.82) is 0 Å². The van der Waals surface area contributed by atoms with Crippen molar-refractivity contribution in [2.45, 2.75) is 109 Å². The van der Waals surface area contributed by atoms with E-state index < -0.39 is 10.7 Å². The van der Waals surface area contributed by atoms with Crippen LogP contribution in [0.4, 0.5) is 32.8 Å². The zero-order chi connectivity index (χ0) is 44.3. The number of benzene rings is 3. The summed E-state index contributed by atoms with van der Waals surface area (Å²) in [5.41, 5.74) is 9.03. The van der Waals surface area contributed by atoms with E-state index in [9.17, 15) is 24.6 Å². The molecule has 348 valence electrons. The van der Waals surface area contributed by atoms with Crippen LogP contribution in [0, 0.1) is 61.6 Å². The number of halogens is 1. The first-order valence-electron chi connectivity index (χ1n) is 21.1. The van der Waals surface area contributed by atoms with Crippen molar-refractivity contribution in [3.63, 3.8) is 0 Å². The fourth-order valence-corrected chi connectivity index (χ4v) is 7.19. The molecule has 3 fully saturated rings. The summed E-state index contributed by atoms with van der Waals surface area (Å²) in [6, 6.07) is 19.5. The normalized spacial score (nSPS) is 14.7. The van der Waals surface area contributed by atoms with Crippen molar-refractivity contribution in [3.8, 4) is 0 Å². The van der Waals surface area contributed by atoms with Crippen LogP contribution in [-0.2, 0) is 9.68 Å². The molecular formula is C47H79FK2N6O7. The molecule has 0 aromatic heterocycles. The molecule has 3 heterocycles. The zero-order valence-electron chi connectivity index (χ0n) is 39.6. The number of nitrogens with one attached hydrogen (secondary N) is 1. The maximum Gasteiger partial charge on any atom is 1.00 e. The first-order valence-corrected chi connectivity index (χ1v) is 21.1. The van der Waals surface area contributed by atoms with E-state index in [-0.39, 0.29) is 142 Å². The maximum absolute atomic E-state index is 12.1. The Morgan fingerprint density at radius 3 is 1.21 bits per heavy atom. The van der Waals surface area contributed by atoms with Gasteiger partial charge >= 0.3 is 103 Å². The van der Waals surface area contributed by atoms with Gasteiger partial charge in [0.15, 0.2) is 0 Å². The predicted molar refractivity (Wildman–Crippen MR) is 250 cm³/mol. The van der Waals surface area contributed by atoms with Crippen molar-refractivity contribution < 1.29 is 133 Å². The summed E-state index contributed by atoms with van der Waals surface area (Å²) in [5.74, 6) is 4.73. The molecule has 0 atom stereocenters. The molecule has 3 aromatic rings. The van der Waals surface area contributed by atoms with E-state index in [4.69, 9.17) is 15.8 Å². The van der Waals surface area contributed by atoms with E-state index in [1.54, 1.807) is 12.1 Å². The zero-order valence-corrected chi connectivity index (χ0v) is 44.8. The summed E-state index contributed by atoms with van der Waals surface area (Å²) in [6.07, 6.45) is 7.85. The predicted octanol–water partition coefficient (Wildman–Crippen LogP) is 4.84. The monoisotopic (exact) mass is 937 g/mol. The second kappa shape index (κ2) is 39.6. The fourth-order valence-electron chi connectivity index (χ4n) is 7.19. The molecule has 3 saturated heterocycles. The first kappa shape index (κ1) is 68.0. The maximum atomic E-state index is 12.1. The first-order chi connectivity index (χ1) is 28.2. The molecule has 3 N–H and O–H groups in total. The molecule has 0 amide bonds. The molecule has 0 saturated carbocycles. The molecule has 0 radical (unpaired) electrons. The van der Waals surface area contributed by atoms with Crippen LogP contribution < -0.4 is 129 Å². The van der Waals surface area contributed by atoms with Crippen molar-refractivity contribution in [1.82, 2.24) is 5.32 Å². The molecule has 0 unspecified atom stereocenters. The number of hydrogen-bond acceptors (Lipinski definition) is 11. The van der Waals surface area contributed by atoms with Gasteiger partial charge in [-0.05, 0) is 136 Å². The summed E-state index contributed by atoms with van der Waals surface area (Å²) in [6.45, 7) is 24.7. The van der Waals surface area contributed by atoms with E-state index in [0.29, 0.717) is 0 Å². The topological polar surface area (TPSA) is 180 Å². The van der Waals surface area contributed by atoms with Gasteiger partial charge in [0.2, 0.25) is 0 Å². The van der Waals surface area contributed by atoms with Gasteiger partial charge in [0.1, 0.15) is 5.82 Å². The van der Waals surface area contributed by atoms with Crippen LogP contribution in [0.5, 0.6) is 0 Å². The number of hydrogen-bond donors (Lipinski definition) is 2. The van der Waals surface area contributed by atoms with Gasteiger partial charge in [0.05, 0.1) is 9.85 Å². The Morgan fingerprint density at radius 2 is 0.937 bits per heavy atom. The number of anilines is 3. The van der Waals surface area contributed by atoms with Gasteiger partial charge in [-0.25, -0.2) is 4.39 Å². The molecule has 3 aliphatic heterocycles. The third kappa shape index (κ3) is 28.3. The van der Waals surface area contributed by atoms with Crippen LogP contribution >= 0.6 is 0 Å². The Balaban J connectivity index is -0.000000232. The Bertz CT molecular complexity index is 1580. The average Bonchev–Trinajstić information content (AvgIpc) is 3.26. The smallest absolute Gasteiger partial charge is 1.00 e. The standard InChI is InChI=1S/C14H20N2O2.C14H22N2.C8H17N.C6H4FNO2.C2H6.CH2O3.2CH4.2K.H/c1-11(2)12-7-9-15(10-8-12)13-3-5-14(6-4-13)16(17)18;1-11(2)12-7-9-16(10-8-12)14-5-3-13(15)4-6-14;1-7(2)8-3-5-9-6-4-8;7-5-1-3-6(4-2-5)8(9)10;1-2;2-1-4-3;;;;;/h3-6,11-12H,7-10H2,1-2H3;3-6,11-12H,7-10,15H2,1-2H3;7-9H,3-6H2,1-2H3;1-4H;1-2H3;1,3H;2*1H4;;;/q;;;;;;;;2*+1;-1/p-1. The van der Waals surface area contributed by atoms with Gasteiger partial charge in [0.25, 0.3) is 17.8 Å². The molecule has 3 aromatic carbocycles. The number of nitro benzene ring substituents is 2. The Labute approximate surface area is 465 Å². The summed E-state index contributed by atoms with van der Waals surface area (Å²) in [5, 5.41) is 32.4. The number of carbonyl (C=O) groups excluding carboxylic acids is 1. The summed E-state index contributed by atoms with van der Waals surface area (Å²) >= 11 is 0. The van der Waals surface area contributed by atoms with Crippen molar-refractivity contribution in [2.24, 2.45) is 35.5 Å². The molecule has 6 rings (SSSR count). The largest absolute Gasteiger partial charge is 1.00 e. The van der Waals surface area contributed by atoms with E-state index in [1.165, 1.54) is 70.4 Å². The number of carbonyl (C=O) groups is 1. The molecule has 16 heteroatoms. The van der Waals surface area contributed by atoms with Crippen molar-refractivity contribution in [2.75, 3.05) is 54.8 Å². The van der Waals surface area contributed by atoms with Crippen LogP contribution in [-0.4, -0.2) is 55.6 Å². The number of non-ortho nitro benzene ring substituents is 2. The quantitative estimate of drug-likeness (QED) is 0.0789. The van der Waals surface area contributed by atoms with Crippen LogP contribution in [0.1, 0.15) is 110 Å². The molecule has 0 spiro atoms. The molecular weight excluding hydrogens is 858 g/mol. The fraction of sp³-hybridized carbons (Fsp3) is 0.596. The minimum absolute atomic E-state index is 0. The number of nitrogens with two attached hydrogens (primary N) is 1. The van der Waals surface area contributed by atoms with Crippen molar-refractivity contribution in [3.05, 3.63) is 98.8 Å². The molecule has 0 bridgehead atoms. The van der Waals surface area contributed by atoms with E-state index in [1.807, 2.05) is 38.1 Å². The van der Waals surface area contributed by atoms with Gasteiger partial charge in [-0.2, -0.15) is 0 Å². The molecule has 13 nitrogen and oxygen atoms in total. The van der Waals surface area contributed by atoms with Crippen LogP contribution in [0.2, 0.25) is 0 Å². The number of nitrogens with zero attached hydrogens (tertiary/aromatic N) is 4. The Kier molecular flexibility index (Phi) is 42.8. The average molecular weight is 937 g/mol. The van der Waals surface area contributed by atoms with Gasteiger partial charge in [-0.3, -0.25) is 25.0 Å². The van der Waals surface area contributed by atoms with E-state index in [0.717, 1.165) is 84.2 Å². The molecule has 3 aliphatic rings. The van der Waals surface area contributed by atoms with Gasteiger partial charge < -0.3 is 32.4 Å². The molecule has 63 heavy (non-hydrogen) atoms. The van der Waals surface area contributed by atoms with E-state index in [2.05, 4.69) is 73.7 Å². The third-order valence-electron chi connectivity index (χ3n) is 11.1. The van der Waals surface area contributed by atoms with E-state index >= 15 is 0 Å². The number of rotatable bonds is 8. The van der Waals surface area contributed by atoms with Crippen molar-refractivity contribution >= 4 is 34.9 Å². The minimum Gasteiger partial charge on any atom is -1.00 e. The SMILES string of the molecule is C.C.CC.CC(C)C1CCN(c2ccc(N)cc2)CC1.CC(C)C1CCN(c2ccc([N+](=O)[O-])cc2)CC1.CC(C)C1CCNCC1.O=CO[O-].O=[N+]([O-])c1ccc(F)cc1.[H-].[K+].[K+]. The third-order valence-corrected chi connectivity index (χ3v) is 11.1. The Hall–Kier alpha value is -1.55. The number of nitrogen functional groups attached to an aromatic ring is 1. The second-order valence-corrected chi connectivity index (χ2v) is 15.8. The van der Waals surface area contributed by atoms with Gasteiger partial charge in [-0.15, -0.1) is 0 Å². The van der Waals surface area contributed by atoms with Crippen LogP contribution in [0.15, 0.2) is 72.8 Å².